The highest BCUT2D eigenvalue weighted by Gasteiger charge is 2.52. The second-order valence-electron chi connectivity index (χ2n) is 22.3. The molecule has 18 heteroatoms. The third kappa shape index (κ3) is 37.4. The number of nitrogens with one attached hydrogen (secondary N) is 2. The minimum Gasteiger partial charge on any atom is -0.463 e. The number of hydrogen-bond donors (Lipinski definition) is 2. The van der Waals surface area contributed by atoms with Gasteiger partial charge in [0.15, 0.2) is 30.7 Å². The Kier molecular flexibility index (Phi) is 42.2. The fourth-order valence-corrected chi connectivity index (χ4v) is 10.1. The molecule has 80 heavy (non-hydrogen) atoms. The van der Waals surface area contributed by atoms with Gasteiger partial charge in [-0.2, -0.15) is 0 Å². The van der Waals surface area contributed by atoms with Gasteiger partial charge in [-0.15, -0.1) is 0 Å². The molecule has 1 aliphatic rings. The normalized spacial score (nSPS) is 18.6. The lowest BCUT2D eigenvalue weighted by Crippen LogP contribution is -2.67. The zero-order valence-electron chi connectivity index (χ0n) is 51.1. The van der Waals surface area contributed by atoms with Crippen molar-refractivity contribution in [2.75, 3.05) is 13.2 Å². The van der Waals surface area contributed by atoms with Gasteiger partial charge in [0.1, 0.15) is 24.9 Å². The summed E-state index contributed by atoms with van der Waals surface area (Å²) in [4.78, 5) is 103. The van der Waals surface area contributed by atoms with Crippen molar-refractivity contribution >= 4 is 47.6 Å². The summed E-state index contributed by atoms with van der Waals surface area (Å²) in [5.74, 6) is -5.12. The Balaban J connectivity index is 3.39. The highest BCUT2D eigenvalue weighted by molar-refractivity contribution is 5.83. The first-order valence-corrected chi connectivity index (χ1v) is 30.7. The molecule has 18 nitrogen and oxygen atoms in total. The molecule has 0 unspecified atom stereocenters. The molecule has 0 aromatic heterocycles. The first-order chi connectivity index (χ1) is 38.2. The molecule has 0 saturated carbocycles. The summed E-state index contributed by atoms with van der Waals surface area (Å²) in [7, 11) is 0. The predicted molar refractivity (Wildman–Crippen MR) is 307 cm³/mol. The van der Waals surface area contributed by atoms with Crippen molar-refractivity contribution in [3.05, 3.63) is 12.2 Å². The highest BCUT2D eigenvalue weighted by Crippen LogP contribution is 2.29. The van der Waals surface area contributed by atoms with Gasteiger partial charge in [-0.1, -0.05) is 193 Å². The molecule has 0 aromatic carbocycles. The molecule has 0 spiro atoms. The molecule has 1 aliphatic heterocycles. The Morgan fingerprint density at radius 1 is 0.512 bits per heavy atom. The molecule has 2 N–H and O–H groups in total. The molecule has 0 aromatic rings. The largest absolute Gasteiger partial charge is 0.463 e. The number of allylic oxidation sites excluding steroid dienone is 1. The lowest BCUT2D eigenvalue weighted by Gasteiger charge is -2.45. The molecule has 1 saturated heterocycles. The number of amides is 2. The van der Waals surface area contributed by atoms with E-state index in [9.17, 15) is 38.4 Å². The third-order valence-electron chi connectivity index (χ3n) is 14.1. The lowest BCUT2D eigenvalue weighted by molar-refractivity contribution is -0.280. The quantitative estimate of drug-likeness (QED) is 0.0249. The summed E-state index contributed by atoms with van der Waals surface area (Å²) in [6, 6.07) is -2.74. The highest BCUT2D eigenvalue weighted by atomic mass is 16.7. The lowest BCUT2D eigenvalue weighted by atomic mass is 9.95. The van der Waals surface area contributed by atoms with Crippen molar-refractivity contribution in [3.63, 3.8) is 0 Å². The molecule has 0 aliphatic carbocycles. The first-order valence-electron chi connectivity index (χ1n) is 30.7. The summed E-state index contributed by atoms with van der Waals surface area (Å²) in [5.41, 5.74) is 0. The average molecular weight is 1140 g/mol. The molecule has 1 rings (SSSR count). The van der Waals surface area contributed by atoms with Gasteiger partial charge in [0.05, 0.1) is 12.6 Å². The van der Waals surface area contributed by atoms with Gasteiger partial charge in [0, 0.05) is 54.9 Å². The molecule has 0 bridgehead atoms. The van der Waals surface area contributed by atoms with E-state index < -0.39 is 116 Å². The molecule has 1 heterocycles. The smallest absolute Gasteiger partial charge is 0.303 e. The number of hydrogen-bond acceptors (Lipinski definition) is 16. The number of carbonyl (C=O) groups is 8. The Hall–Kier alpha value is -4.58. The number of carbonyl (C=O) groups excluding carboxylic acids is 8. The van der Waals surface area contributed by atoms with Crippen LogP contribution in [0, 0.1) is 5.92 Å². The summed E-state index contributed by atoms with van der Waals surface area (Å²) in [6.07, 6.45) is 27.1. The van der Waals surface area contributed by atoms with Gasteiger partial charge in [-0.05, 0) is 31.6 Å². The van der Waals surface area contributed by atoms with Crippen LogP contribution in [-0.4, -0.2) is 116 Å². The van der Waals surface area contributed by atoms with Crippen LogP contribution in [0.3, 0.4) is 0 Å². The zero-order chi connectivity index (χ0) is 59.5. The molecule has 9 atom stereocenters. The van der Waals surface area contributed by atoms with Gasteiger partial charge in [-0.25, -0.2) is 0 Å². The summed E-state index contributed by atoms with van der Waals surface area (Å²) < 4.78 is 46.4. The average Bonchev–Trinajstić information content (AvgIpc) is 3.39. The second-order valence-corrected chi connectivity index (χ2v) is 22.3. The summed E-state index contributed by atoms with van der Waals surface area (Å²) >= 11 is 0. The molecule has 462 valence electrons. The van der Waals surface area contributed by atoms with Crippen molar-refractivity contribution < 1.29 is 76.3 Å². The van der Waals surface area contributed by atoms with Gasteiger partial charge in [-0.3, -0.25) is 38.4 Å². The maximum absolute atomic E-state index is 14.5. The van der Waals surface area contributed by atoms with Gasteiger partial charge >= 0.3 is 35.8 Å². The van der Waals surface area contributed by atoms with E-state index in [0.29, 0.717) is 6.42 Å². The number of unbranched alkanes of at least 4 members (excludes halogenated alkanes) is 25. The molecular weight excluding hydrogens is 1030 g/mol. The molecule has 1 fully saturated rings. The maximum atomic E-state index is 14.5. The van der Waals surface area contributed by atoms with Crippen molar-refractivity contribution in [1.29, 1.82) is 0 Å². The van der Waals surface area contributed by atoms with Crippen LogP contribution in [0.1, 0.15) is 262 Å². The van der Waals surface area contributed by atoms with E-state index in [2.05, 4.69) is 31.4 Å². The van der Waals surface area contributed by atoms with Crippen molar-refractivity contribution in [2.24, 2.45) is 5.92 Å². The predicted octanol–water partition coefficient (Wildman–Crippen LogP) is 11.9. The van der Waals surface area contributed by atoms with E-state index in [-0.39, 0.29) is 12.8 Å². The van der Waals surface area contributed by atoms with Gasteiger partial charge in [0.25, 0.3) is 5.91 Å². The van der Waals surface area contributed by atoms with Crippen LogP contribution in [0.15, 0.2) is 12.2 Å². The van der Waals surface area contributed by atoms with Crippen molar-refractivity contribution in [3.8, 4) is 0 Å². The number of esters is 6. The first kappa shape index (κ1) is 73.4. The van der Waals surface area contributed by atoms with Crippen LogP contribution in [0.2, 0.25) is 0 Å². The van der Waals surface area contributed by atoms with Crippen LogP contribution in [0.5, 0.6) is 0 Å². The van der Waals surface area contributed by atoms with Crippen LogP contribution in [0.4, 0.5) is 0 Å². The molecule has 0 radical (unpaired) electrons. The van der Waals surface area contributed by atoms with E-state index in [4.69, 9.17) is 37.9 Å². The Labute approximate surface area is 481 Å². The van der Waals surface area contributed by atoms with E-state index >= 15 is 0 Å². The summed E-state index contributed by atoms with van der Waals surface area (Å²) in [5, 5.41) is 5.52. The number of ether oxygens (including phenoxy) is 8. The Bertz CT molecular complexity index is 1770. The molecular formula is C62H108N2O16. The van der Waals surface area contributed by atoms with Gasteiger partial charge in [0.2, 0.25) is 5.91 Å². The van der Waals surface area contributed by atoms with Crippen molar-refractivity contribution in [2.45, 2.75) is 317 Å². The van der Waals surface area contributed by atoms with Crippen molar-refractivity contribution in [1.82, 2.24) is 10.6 Å². The summed E-state index contributed by atoms with van der Waals surface area (Å²) in [6.45, 7) is 13.8. The van der Waals surface area contributed by atoms with Crippen LogP contribution in [-0.2, 0) is 76.3 Å². The standard InChI is InChI=1S/C62H108N2O16/c1-11-12-13-14-15-16-17-18-19-20-21-22-23-26-30-33-36-39-42-55(76-49(7)68)61(72)64-53(43-74-62-57(63-46(4)65)60(79-52(10)71)59(78-51(9)70)56(80-62)44-73-47(5)66)58(77-50(8)69)54(75-48(6)67)41-38-35-32-29-27-24-25-28-31-34-37-40-45(2)3/h35,38,45,53-60,62H,11-34,36-37,39-44H2,1-10H3,(H,63,65)(H,64,72)/b38-35+/t53-,54+,55-,56-,57-,58+,59-,60-,62+/m1/s1. The Morgan fingerprint density at radius 3 is 1.43 bits per heavy atom. The van der Waals surface area contributed by atoms with Crippen LogP contribution in [0.25, 0.3) is 0 Å². The van der Waals surface area contributed by atoms with E-state index in [1.807, 2.05) is 12.2 Å². The SMILES string of the molecule is CCCCCCCCCCCCCCCCCCCC[C@@H](OC(C)=O)C(=O)N[C@H](CO[C@H]1O[C@H](COC(C)=O)[C@@H](OC(C)=O)[C@H](OC(C)=O)[C@H]1NC(C)=O)[C@H](OC(C)=O)[C@H](C/C=C/CCCCCCCCCCC(C)C)OC(C)=O. The fourth-order valence-electron chi connectivity index (χ4n) is 10.1. The topological polar surface area (TPSA) is 234 Å². The Morgan fingerprint density at radius 2 is 0.975 bits per heavy atom. The van der Waals surface area contributed by atoms with Gasteiger partial charge < -0.3 is 48.5 Å². The second kappa shape index (κ2) is 46.0. The number of rotatable bonds is 47. The minimum absolute atomic E-state index is 0.0600. The third-order valence-corrected chi connectivity index (χ3v) is 14.1. The minimum atomic E-state index is -1.58. The maximum Gasteiger partial charge on any atom is 0.303 e. The molecule has 2 amide bonds. The van der Waals surface area contributed by atoms with E-state index in [0.717, 1.165) is 85.0 Å². The van der Waals surface area contributed by atoms with E-state index in [1.165, 1.54) is 143 Å². The monoisotopic (exact) mass is 1140 g/mol. The van der Waals surface area contributed by atoms with E-state index in [1.54, 1.807) is 0 Å². The zero-order valence-corrected chi connectivity index (χ0v) is 51.1. The van der Waals surface area contributed by atoms with Crippen LogP contribution < -0.4 is 10.6 Å². The fraction of sp³-hybridized carbons (Fsp3) is 0.839. The van der Waals surface area contributed by atoms with Crippen LogP contribution >= 0.6 is 0 Å².